The molecule has 0 aromatic carbocycles. The zero-order chi connectivity index (χ0) is 27.3. The van der Waals surface area contributed by atoms with E-state index in [4.69, 9.17) is 9.84 Å². The highest BCUT2D eigenvalue weighted by molar-refractivity contribution is 5.86. The molecule has 3 N–H and O–H groups in total. The number of esters is 1. The first kappa shape index (κ1) is 31.2. The molecule has 0 aromatic heterocycles. The van der Waals surface area contributed by atoms with Crippen molar-refractivity contribution in [1.82, 2.24) is 4.90 Å². The third kappa shape index (κ3) is 5.95. The summed E-state index contributed by atoms with van der Waals surface area (Å²) >= 11 is 0. The first-order chi connectivity index (χ1) is 18.0. The number of aliphatic hydroxyl groups excluding tert-OH is 2. The van der Waals surface area contributed by atoms with E-state index in [0.29, 0.717) is 61.6 Å². The number of fused-ring (bicyclic) bond motifs is 5. The standard InChI is InChI=1S/C31H51NO6.ClH/c1-29(37)12-13-30(2)21(16-29)4-5-23-24-6-7-26(31(24,3)11-8-25(23)30)27(35)19-38-28(36)20-9-14-32(15-10-20)17-22(34)18-33;/h20-26,33-34,37H,4-19H2,1-3H3;1H/t21?,22?,23-,24-,25?,26+,29+,30-,31-;/m0./s1. The first-order valence-corrected chi connectivity index (χ1v) is 15.4. The molecule has 8 heteroatoms. The molecule has 0 bridgehead atoms. The summed E-state index contributed by atoms with van der Waals surface area (Å²) in [6, 6.07) is 0. The maximum atomic E-state index is 13.5. The van der Waals surface area contributed by atoms with Gasteiger partial charge in [-0.25, -0.2) is 0 Å². The largest absolute Gasteiger partial charge is 0.457 e. The average molecular weight is 570 g/mol. The Balaban J connectivity index is 0.00000353. The monoisotopic (exact) mass is 569 g/mol. The lowest BCUT2D eigenvalue weighted by Crippen LogP contribution is -2.55. The van der Waals surface area contributed by atoms with Crippen molar-refractivity contribution in [2.24, 2.45) is 46.3 Å². The predicted octanol–water partition coefficient (Wildman–Crippen LogP) is 4.00. The number of halogens is 1. The SMILES string of the molecule is C[C@@]1(O)CC[C@@]2(C)C(CC[C@@H]3C2CC[C@]2(C)[C@@H](C(=O)COC(=O)C4CCN(CC(O)CO)CC4)CC[C@@H]32)C1.Cl. The van der Waals surface area contributed by atoms with Crippen molar-refractivity contribution >= 4 is 24.2 Å². The molecule has 9 atom stereocenters. The highest BCUT2D eigenvalue weighted by Crippen LogP contribution is 2.68. The van der Waals surface area contributed by atoms with E-state index >= 15 is 0 Å². The third-order valence-electron chi connectivity index (χ3n) is 12.3. The third-order valence-corrected chi connectivity index (χ3v) is 12.3. The van der Waals surface area contributed by atoms with Gasteiger partial charge in [0.1, 0.15) is 6.61 Å². The number of hydrogen-bond donors (Lipinski definition) is 3. The smallest absolute Gasteiger partial charge is 0.309 e. The Kier molecular flexibility index (Phi) is 9.50. The van der Waals surface area contributed by atoms with Crippen molar-refractivity contribution in [1.29, 1.82) is 0 Å². The second-order valence-corrected chi connectivity index (χ2v) is 14.5. The fourth-order valence-electron chi connectivity index (χ4n) is 10.0. The molecule has 0 spiro atoms. The number of ketones is 1. The minimum absolute atomic E-state index is 0. The van der Waals surface area contributed by atoms with Crippen molar-refractivity contribution in [2.75, 3.05) is 32.8 Å². The van der Waals surface area contributed by atoms with E-state index in [2.05, 4.69) is 18.7 Å². The second kappa shape index (κ2) is 11.9. The predicted molar refractivity (Wildman–Crippen MR) is 151 cm³/mol. The molecule has 1 saturated heterocycles. The molecule has 39 heavy (non-hydrogen) atoms. The number of ether oxygens (including phenoxy) is 1. The fraction of sp³-hybridized carbons (Fsp3) is 0.935. The lowest BCUT2D eigenvalue weighted by Gasteiger charge is -2.61. The zero-order valence-electron chi connectivity index (χ0n) is 24.3. The van der Waals surface area contributed by atoms with Crippen LogP contribution >= 0.6 is 12.4 Å². The van der Waals surface area contributed by atoms with Crippen molar-refractivity contribution in [2.45, 2.75) is 103 Å². The zero-order valence-corrected chi connectivity index (χ0v) is 25.1. The molecule has 5 aliphatic rings. The molecule has 1 heterocycles. The number of piperidine rings is 1. The van der Waals surface area contributed by atoms with Gasteiger partial charge in [0.15, 0.2) is 5.78 Å². The van der Waals surface area contributed by atoms with Crippen LogP contribution in [0.25, 0.3) is 0 Å². The molecule has 5 fully saturated rings. The van der Waals surface area contributed by atoms with Gasteiger partial charge < -0.3 is 25.0 Å². The van der Waals surface area contributed by atoms with Gasteiger partial charge in [0.05, 0.1) is 24.2 Å². The Morgan fingerprint density at radius 1 is 0.923 bits per heavy atom. The summed E-state index contributed by atoms with van der Waals surface area (Å²) < 4.78 is 5.61. The molecular weight excluding hydrogens is 518 g/mol. The van der Waals surface area contributed by atoms with Gasteiger partial charge in [0.2, 0.25) is 0 Å². The summed E-state index contributed by atoms with van der Waals surface area (Å²) in [6.07, 6.45) is 10.2. The minimum Gasteiger partial charge on any atom is -0.457 e. The fourth-order valence-corrected chi connectivity index (χ4v) is 10.0. The van der Waals surface area contributed by atoms with E-state index in [0.717, 1.165) is 38.5 Å². The van der Waals surface area contributed by atoms with Crippen LogP contribution in [-0.4, -0.2) is 76.5 Å². The van der Waals surface area contributed by atoms with Crippen LogP contribution in [0.15, 0.2) is 0 Å². The van der Waals surface area contributed by atoms with Gasteiger partial charge in [0.25, 0.3) is 0 Å². The number of rotatable bonds is 7. The average Bonchev–Trinajstić information content (AvgIpc) is 3.25. The molecule has 3 unspecified atom stereocenters. The van der Waals surface area contributed by atoms with E-state index in [-0.39, 0.29) is 54.6 Å². The Morgan fingerprint density at radius 3 is 2.31 bits per heavy atom. The number of hydrogen-bond acceptors (Lipinski definition) is 7. The van der Waals surface area contributed by atoms with Crippen LogP contribution in [0, 0.1) is 46.3 Å². The molecule has 0 amide bonds. The van der Waals surface area contributed by atoms with Gasteiger partial charge in [-0.15, -0.1) is 12.4 Å². The van der Waals surface area contributed by atoms with Crippen molar-refractivity contribution in [3.05, 3.63) is 0 Å². The number of Topliss-reactive ketones (excluding diaryl/α,β-unsaturated/α-hetero) is 1. The van der Waals surface area contributed by atoms with Gasteiger partial charge in [0, 0.05) is 12.5 Å². The van der Waals surface area contributed by atoms with E-state index in [1.807, 2.05) is 6.92 Å². The number of aliphatic hydroxyl groups is 3. The van der Waals surface area contributed by atoms with E-state index in [1.54, 1.807) is 0 Å². The topological polar surface area (TPSA) is 107 Å². The van der Waals surface area contributed by atoms with Gasteiger partial charge >= 0.3 is 5.97 Å². The van der Waals surface area contributed by atoms with E-state index < -0.39 is 11.7 Å². The van der Waals surface area contributed by atoms with Crippen LogP contribution in [0.5, 0.6) is 0 Å². The van der Waals surface area contributed by atoms with Crippen molar-refractivity contribution < 1.29 is 29.6 Å². The van der Waals surface area contributed by atoms with Crippen molar-refractivity contribution in [3.8, 4) is 0 Å². The Bertz CT molecular complexity index is 890. The van der Waals surface area contributed by atoms with Gasteiger partial charge in [-0.1, -0.05) is 13.8 Å². The highest BCUT2D eigenvalue weighted by atomic mass is 35.5. The quantitative estimate of drug-likeness (QED) is 0.398. The second-order valence-electron chi connectivity index (χ2n) is 14.5. The molecule has 4 saturated carbocycles. The Morgan fingerprint density at radius 2 is 1.62 bits per heavy atom. The highest BCUT2D eigenvalue weighted by Gasteiger charge is 2.61. The first-order valence-electron chi connectivity index (χ1n) is 15.4. The van der Waals surface area contributed by atoms with E-state index in [9.17, 15) is 19.8 Å². The lowest BCUT2D eigenvalue weighted by molar-refractivity contribution is -0.159. The number of nitrogens with zero attached hydrogens (tertiary/aromatic N) is 1. The Hall–Kier alpha value is -0.730. The summed E-state index contributed by atoms with van der Waals surface area (Å²) in [4.78, 5) is 28.3. The number of β-amino-alcohol motifs (C(OH)–C–C–N with tert-alkyl or cyclic N) is 1. The van der Waals surface area contributed by atoms with Gasteiger partial charge in [-0.2, -0.15) is 0 Å². The molecule has 4 aliphatic carbocycles. The van der Waals surface area contributed by atoms with Crippen LogP contribution in [0.2, 0.25) is 0 Å². The summed E-state index contributed by atoms with van der Waals surface area (Å²) in [5.41, 5.74) is -0.190. The molecule has 0 radical (unpaired) electrons. The number of likely N-dealkylation sites (tertiary alicyclic amines) is 1. The maximum absolute atomic E-state index is 13.5. The van der Waals surface area contributed by atoms with Crippen LogP contribution in [0.3, 0.4) is 0 Å². The molecule has 5 rings (SSSR count). The van der Waals surface area contributed by atoms with Crippen molar-refractivity contribution in [3.63, 3.8) is 0 Å². The number of carbonyl (C=O) groups excluding carboxylic acids is 2. The number of carbonyl (C=O) groups is 2. The molecule has 0 aromatic rings. The summed E-state index contributed by atoms with van der Waals surface area (Å²) in [7, 11) is 0. The lowest BCUT2D eigenvalue weighted by atomic mass is 9.44. The van der Waals surface area contributed by atoms with Crippen LogP contribution in [0.4, 0.5) is 0 Å². The van der Waals surface area contributed by atoms with Crippen LogP contribution in [-0.2, 0) is 14.3 Å². The van der Waals surface area contributed by atoms with E-state index in [1.165, 1.54) is 19.3 Å². The molecular formula is C31H52ClNO6. The Labute approximate surface area is 240 Å². The van der Waals surface area contributed by atoms with Gasteiger partial charge in [-0.05, 0) is 125 Å². The maximum Gasteiger partial charge on any atom is 0.309 e. The minimum atomic E-state index is -0.750. The summed E-state index contributed by atoms with van der Waals surface area (Å²) in [5, 5.41) is 29.4. The van der Waals surface area contributed by atoms with Crippen LogP contribution in [0.1, 0.15) is 91.4 Å². The molecule has 1 aliphatic heterocycles. The van der Waals surface area contributed by atoms with Crippen LogP contribution < -0.4 is 0 Å². The molecule has 224 valence electrons. The summed E-state index contributed by atoms with van der Waals surface area (Å²) in [6.45, 7) is 8.31. The van der Waals surface area contributed by atoms with Gasteiger partial charge in [-0.3, -0.25) is 9.59 Å². The normalized spacial score (nSPS) is 43.4. The summed E-state index contributed by atoms with van der Waals surface area (Å²) in [5.74, 6) is 2.20. The molecule has 7 nitrogen and oxygen atoms in total.